The molecule has 1 aromatic rings. The molecular weight excluding hydrogens is 168 g/mol. The summed E-state index contributed by atoms with van der Waals surface area (Å²) < 4.78 is 0. The first-order valence-corrected chi connectivity index (χ1v) is 4.08. The van der Waals surface area contributed by atoms with E-state index >= 15 is 0 Å². The molecule has 1 aromatic carbocycles. The molecule has 0 saturated heterocycles. The Bertz CT molecular complexity index is 293. The summed E-state index contributed by atoms with van der Waals surface area (Å²) in [6.07, 6.45) is 0.748. The fraction of sp³-hybridized carbons (Fsp3) is 0.333. The van der Waals surface area contributed by atoms with Crippen LogP contribution in [0.2, 0.25) is 0 Å². The molecule has 0 amide bonds. The van der Waals surface area contributed by atoms with E-state index in [1.54, 1.807) is 12.1 Å². The second-order valence-electron chi connectivity index (χ2n) is 3.10. The molecule has 1 atom stereocenters. The third kappa shape index (κ3) is 2.83. The molecule has 0 aromatic heterocycles. The lowest BCUT2D eigenvalue weighted by Gasteiger charge is -2.03. The number of nitrogens with two attached hydrogens (primary N) is 1. The van der Waals surface area contributed by atoms with Crippen molar-refractivity contribution in [3.05, 3.63) is 39.9 Å². The summed E-state index contributed by atoms with van der Waals surface area (Å²) in [5.41, 5.74) is 6.74. The van der Waals surface area contributed by atoms with Gasteiger partial charge in [0.25, 0.3) is 5.69 Å². The average molecular weight is 180 g/mol. The van der Waals surface area contributed by atoms with Gasteiger partial charge >= 0.3 is 0 Å². The maximum absolute atomic E-state index is 10.3. The van der Waals surface area contributed by atoms with Crippen molar-refractivity contribution >= 4 is 5.69 Å². The van der Waals surface area contributed by atoms with Gasteiger partial charge in [-0.2, -0.15) is 0 Å². The molecule has 0 radical (unpaired) electrons. The van der Waals surface area contributed by atoms with Crippen LogP contribution in [0.15, 0.2) is 24.3 Å². The van der Waals surface area contributed by atoms with E-state index in [9.17, 15) is 10.1 Å². The second kappa shape index (κ2) is 4.00. The van der Waals surface area contributed by atoms with Gasteiger partial charge in [-0.05, 0) is 18.9 Å². The lowest BCUT2D eigenvalue weighted by Crippen LogP contribution is -2.17. The minimum absolute atomic E-state index is 0.0847. The lowest BCUT2D eigenvalue weighted by atomic mass is 10.1. The van der Waals surface area contributed by atoms with Crippen LogP contribution in [0.4, 0.5) is 5.69 Å². The topological polar surface area (TPSA) is 69.2 Å². The quantitative estimate of drug-likeness (QED) is 0.565. The van der Waals surface area contributed by atoms with Crippen LogP contribution < -0.4 is 5.73 Å². The number of nitro groups is 1. The smallest absolute Gasteiger partial charge is 0.269 e. The van der Waals surface area contributed by atoms with Gasteiger partial charge in [0.05, 0.1) is 4.92 Å². The fourth-order valence-corrected chi connectivity index (χ4v) is 1.13. The summed E-state index contributed by atoms with van der Waals surface area (Å²) in [5.74, 6) is 0. The van der Waals surface area contributed by atoms with E-state index in [1.165, 1.54) is 12.1 Å². The number of nitro benzene ring substituents is 1. The van der Waals surface area contributed by atoms with Gasteiger partial charge in [0.1, 0.15) is 0 Å². The molecule has 13 heavy (non-hydrogen) atoms. The molecule has 0 heterocycles. The van der Waals surface area contributed by atoms with Gasteiger partial charge in [-0.3, -0.25) is 10.1 Å². The van der Waals surface area contributed by atoms with Crippen molar-refractivity contribution in [3.63, 3.8) is 0 Å². The zero-order valence-electron chi connectivity index (χ0n) is 7.43. The highest BCUT2D eigenvalue weighted by Gasteiger charge is 2.04. The van der Waals surface area contributed by atoms with E-state index in [0.29, 0.717) is 0 Å². The molecule has 0 spiro atoms. The number of non-ortho nitro benzene ring substituents is 1. The molecule has 1 unspecified atom stereocenters. The largest absolute Gasteiger partial charge is 0.328 e. The zero-order valence-corrected chi connectivity index (χ0v) is 7.43. The van der Waals surface area contributed by atoms with E-state index in [2.05, 4.69) is 0 Å². The highest BCUT2D eigenvalue weighted by Crippen LogP contribution is 2.12. The number of rotatable bonds is 3. The van der Waals surface area contributed by atoms with Crippen LogP contribution in [0.5, 0.6) is 0 Å². The van der Waals surface area contributed by atoms with Crippen LogP contribution in [0.25, 0.3) is 0 Å². The Balaban J connectivity index is 2.75. The van der Waals surface area contributed by atoms with Crippen LogP contribution in [0.1, 0.15) is 12.5 Å². The Morgan fingerprint density at radius 3 is 2.38 bits per heavy atom. The Morgan fingerprint density at radius 1 is 1.46 bits per heavy atom. The molecule has 70 valence electrons. The molecule has 0 bridgehead atoms. The molecular formula is C9H12N2O2. The number of hydrogen-bond acceptors (Lipinski definition) is 3. The van der Waals surface area contributed by atoms with E-state index in [-0.39, 0.29) is 11.7 Å². The van der Waals surface area contributed by atoms with Crippen LogP contribution >= 0.6 is 0 Å². The van der Waals surface area contributed by atoms with Crippen LogP contribution in [-0.4, -0.2) is 11.0 Å². The van der Waals surface area contributed by atoms with E-state index < -0.39 is 4.92 Å². The predicted octanol–water partition coefficient (Wildman–Crippen LogP) is 1.48. The summed E-state index contributed by atoms with van der Waals surface area (Å²) in [4.78, 5) is 9.91. The van der Waals surface area contributed by atoms with Gasteiger partial charge in [-0.25, -0.2) is 0 Å². The molecule has 0 aliphatic carbocycles. The Morgan fingerprint density at radius 2 is 2.00 bits per heavy atom. The van der Waals surface area contributed by atoms with Crippen molar-refractivity contribution in [3.8, 4) is 0 Å². The van der Waals surface area contributed by atoms with E-state index in [4.69, 9.17) is 5.73 Å². The minimum atomic E-state index is -0.407. The first kappa shape index (κ1) is 9.67. The summed E-state index contributed by atoms with van der Waals surface area (Å²) in [5, 5.41) is 10.3. The van der Waals surface area contributed by atoms with Crippen molar-refractivity contribution in [1.82, 2.24) is 0 Å². The van der Waals surface area contributed by atoms with Gasteiger partial charge in [0.2, 0.25) is 0 Å². The van der Waals surface area contributed by atoms with E-state index in [0.717, 1.165) is 12.0 Å². The summed E-state index contributed by atoms with van der Waals surface area (Å²) in [6, 6.07) is 6.56. The minimum Gasteiger partial charge on any atom is -0.328 e. The van der Waals surface area contributed by atoms with Crippen molar-refractivity contribution in [2.24, 2.45) is 5.73 Å². The number of hydrogen-bond donors (Lipinski definition) is 1. The lowest BCUT2D eigenvalue weighted by molar-refractivity contribution is -0.384. The molecule has 2 N–H and O–H groups in total. The number of benzene rings is 1. The third-order valence-electron chi connectivity index (χ3n) is 1.70. The monoisotopic (exact) mass is 180 g/mol. The maximum atomic E-state index is 10.3. The van der Waals surface area contributed by atoms with Gasteiger partial charge in [-0.1, -0.05) is 12.1 Å². The Kier molecular flexibility index (Phi) is 2.97. The highest BCUT2D eigenvalue weighted by molar-refractivity contribution is 5.33. The standard InChI is InChI=1S/C9H12N2O2/c1-7(10)6-8-2-4-9(5-3-8)11(12)13/h2-5,7H,6,10H2,1H3. The Hall–Kier alpha value is -1.42. The summed E-state index contributed by atoms with van der Waals surface area (Å²) in [6.45, 7) is 1.90. The zero-order chi connectivity index (χ0) is 9.84. The van der Waals surface area contributed by atoms with Crippen molar-refractivity contribution in [2.45, 2.75) is 19.4 Å². The molecule has 0 fully saturated rings. The highest BCUT2D eigenvalue weighted by atomic mass is 16.6. The predicted molar refractivity (Wildman–Crippen MR) is 50.4 cm³/mol. The van der Waals surface area contributed by atoms with Crippen molar-refractivity contribution < 1.29 is 4.92 Å². The number of nitrogens with zero attached hydrogens (tertiary/aromatic N) is 1. The first-order valence-electron chi connectivity index (χ1n) is 4.08. The molecule has 0 saturated carbocycles. The molecule has 1 rings (SSSR count). The van der Waals surface area contributed by atoms with Gasteiger partial charge < -0.3 is 5.73 Å². The second-order valence-corrected chi connectivity index (χ2v) is 3.10. The maximum Gasteiger partial charge on any atom is 0.269 e. The Labute approximate surface area is 76.5 Å². The molecule has 0 aliphatic heterocycles. The van der Waals surface area contributed by atoms with Crippen molar-refractivity contribution in [1.29, 1.82) is 0 Å². The summed E-state index contributed by atoms with van der Waals surface area (Å²) in [7, 11) is 0. The van der Waals surface area contributed by atoms with E-state index in [1.807, 2.05) is 6.92 Å². The normalized spacial score (nSPS) is 12.5. The van der Waals surface area contributed by atoms with Crippen LogP contribution in [0.3, 0.4) is 0 Å². The van der Waals surface area contributed by atoms with Crippen LogP contribution in [-0.2, 0) is 6.42 Å². The van der Waals surface area contributed by atoms with Crippen molar-refractivity contribution in [2.75, 3.05) is 0 Å². The molecule has 0 aliphatic rings. The first-order chi connectivity index (χ1) is 6.09. The summed E-state index contributed by atoms with van der Waals surface area (Å²) >= 11 is 0. The SMILES string of the molecule is CC(N)Cc1ccc([N+](=O)[O-])cc1. The third-order valence-corrected chi connectivity index (χ3v) is 1.70. The van der Waals surface area contributed by atoms with Crippen LogP contribution in [0, 0.1) is 10.1 Å². The fourth-order valence-electron chi connectivity index (χ4n) is 1.13. The molecule has 4 heteroatoms. The van der Waals surface area contributed by atoms with Gasteiger partial charge in [0, 0.05) is 18.2 Å². The van der Waals surface area contributed by atoms with Gasteiger partial charge in [0.15, 0.2) is 0 Å². The molecule has 4 nitrogen and oxygen atoms in total. The van der Waals surface area contributed by atoms with Gasteiger partial charge in [-0.15, -0.1) is 0 Å². The average Bonchev–Trinajstić information content (AvgIpc) is 2.04.